The lowest BCUT2D eigenvalue weighted by Crippen LogP contribution is -2.15. The summed E-state index contributed by atoms with van der Waals surface area (Å²) in [6, 6.07) is 15.1. The smallest absolute Gasteiger partial charge is 0.224 e. The summed E-state index contributed by atoms with van der Waals surface area (Å²) in [5.41, 5.74) is 3.44. The third-order valence-electron chi connectivity index (χ3n) is 4.67. The Morgan fingerprint density at radius 2 is 1.70 bits per heavy atom. The van der Waals surface area contributed by atoms with E-state index in [2.05, 4.69) is 15.5 Å². The number of ketones is 1. The van der Waals surface area contributed by atoms with Gasteiger partial charge in [0.15, 0.2) is 10.9 Å². The summed E-state index contributed by atoms with van der Waals surface area (Å²) < 4.78 is 1.96. The molecule has 0 saturated heterocycles. The lowest BCUT2D eigenvalue weighted by Gasteiger charge is -2.13. The molecule has 0 aliphatic carbocycles. The molecule has 1 amide bonds. The van der Waals surface area contributed by atoms with Gasteiger partial charge < -0.3 is 5.32 Å². The molecule has 0 aliphatic heterocycles. The van der Waals surface area contributed by atoms with Crippen LogP contribution >= 0.6 is 11.8 Å². The molecule has 1 N–H and O–H groups in total. The standard InChI is InChI=1S/C23H26N4O2S/c1-5-6-21(28)24-19-11-9-18(10-12-19)22(29)16(3)30-23-26-25-17(4)27(23)20-13-7-15(2)8-14-20/h7-14,16H,5-6H2,1-4H3,(H,24,28). The molecule has 0 bridgehead atoms. The van der Waals surface area contributed by atoms with Crippen LogP contribution < -0.4 is 5.32 Å². The van der Waals surface area contributed by atoms with Crippen molar-refractivity contribution in [2.75, 3.05) is 5.32 Å². The van der Waals surface area contributed by atoms with E-state index in [9.17, 15) is 9.59 Å². The highest BCUT2D eigenvalue weighted by Gasteiger charge is 2.21. The van der Waals surface area contributed by atoms with Gasteiger partial charge in [0.2, 0.25) is 5.91 Å². The van der Waals surface area contributed by atoms with Crippen molar-refractivity contribution in [1.29, 1.82) is 0 Å². The molecule has 7 heteroatoms. The van der Waals surface area contributed by atoms with Gasteiger partial charge in [0, 0.05) is 23.4 Å². The number of aryl methyl sites for hydroxylation is 2. The highest BCUT2D eigenvalue weighted by molar-refractivity contribution is 8.00. The summed E-state index contributed by atoms with van der Waals surface area (Å²) in [6.07, 6.45) is 1.28. The van der Waals surface area contributed by atoms with E-state index in [-0.39, 0.29) is 16.9 Å². The van der Waals surface area contributed by atoms with Crippen molar-refractivity contribution >= 4 is 29.1 Å². The molecule has 3 rings (SSSR count). The first kappa shape index (κ1) is 21.8. The van der Waals surface area contributed by atoms with Gasteiger partial charge in [0.05, 0.1) is 5.25 Å². The number of amides is 1. The van der Waals surface area contributed by atoms with E-state index < -0.39 is 0 Å². The first-order valence-corrected chi connectivity index (χ1v) is 10.9. The van der Waals surface area contributed by atoms with Crippen LogP contribution in [0.3, 0.4) is 0 Å². The molecule has 0 fully saturated rings. The molecular weight excluding hydrogens is 396 g/mol. The van der Waals surface area contributed by atoms with Gasteiger partial charge in [0.25, 0.3) is 0 Å². The number of thioether (sulfide) groups is 1. The summed E-state index contributed by atoms with van der Waals surface area (Å²) in [7, 11) is 0. The van der Waals surface area contributed by atoms with E-state index in [1.165, 1.54) is 17.3 Å². The number of nitrogens with one attached hydrogen (secondary N) is 1. The van der Waals surface area contributed by atoms with Gasteiger partial charge in [0.1, 0.15) is 5.82 Å². The Morgan fingerprint density at radius 3 is 2.33 bits per heavy atom. The van der Waals surface area contributed by atoms with Gasteiger partial charge in [-0.15, -0.1) is 10.2 Å². The molecule has 0 aliphatic rings. The van der Waals surface area contributed by atoms with Crippen molar-refractivity contribution in [3.05, 3.63) is 65.5 Å². The SMILES string of the molecule is CCCC(=O)Nc1ccc(C(=O)C(C)Sc2nnc(C)n2-c2ccc(C)cc2)cc1. The van der Waals surface area contributed by atoms with Crippen molar-refractivity contribution in [2.45, 2.75) is 50.9 Å². The highest BCUT2D eigenvalue weighted by Crippen LogP contribution is 2.28. The first-order valence-electron chi connectivity index (χ1n) is 9.99. The molecule has 156 valence electrons. The van der Waals surface area contributed by atoms with Crippen LogP contribution in [0.2, 0.25) is 0 Å². The van der Waals surface area contributed by atoms with Crippen molar-refractivity contribution in [1.82, 2.24) is 14.8 Å². The summed E-state index contributed by atoms with van der Waals surface area (Å²) in [5, 5.41) is 11.6. The largest absolute Gasteiger partial charge is 0.326 e. The number of rotatable bonds is 8. The minimum absolute atomic E-state index is 0.00236. The number of carbonyl (C=O) groups is 2. The predicted molar refractivity (Wildman–Crippen MR) is 120 cm³/mol. The lowest BCUT2D eigenvalue weighted by molar-refractivity contribution is -0.116. The number of anilines is 1. The van der Waals surface area contributed by atoms with Gasteiger partial charge >= 0.3 is 0 Å². The van der Waals surface area contributed by atoms with Crippen molar-refractivity contribution in [2.24, 2.45) is 0 Å². The zero-order valence-corrected chi connectivity index (χ0v) is 18.5. The molecule has 1 atom stereocenters. The van der Waals surface area contributed by atoms with Gasteiger partial charge in [-0.25, -0.2) is 0 Å². The molecule has 30 heavy (non-hydrogen) atoms. The molecule has 0 saturated carbocycles. The molecule has 1 aromatic heterocycles. The Bertz CT molecular complexity index is 1030. The zero-order chi connectivity index (χ0) is 21.7. The molecular formula is C23H26N4O2S. The second-order valence-electron chi connectivity index (χ2n) is 7.20. The van der Waals surface area contributed by atoms with Gasteiger partial charge in [-0.1, -0.05) is 36.4 Å². The Hall–Kier alpha value is -2.93. The predicted octanol–water partition coefficient (Wildman–Crippen LogP) is 4.99. The maximum Gasteiger partial charge on any atom is 0.224 e. The lowest BCUT2D eigenvalue weighted by atomic mass is 10.1. The van der Waals surface area contributed by atoms with E-state index in [1.54, 1.807) is 24.3 Å². The average molecular weight is 423 g/mol. The Labute approximate surface area is 181 Å². The minimum Gasteiger partial charge on any atom is -0.326 e. The third-order valence-corrected chi connectivity index (χ3v) is 5.71. The monoisotopic (exact) mass is 422 g/mol. The van der Waals surface area contributed by atoms with Crippen LogP contribution in [0.5, 0.6) is 0 Å². The minimum atomic E-state index is -0.335. The number of Topliss-reactive ketones (excluding diaryl/α,β-unsaturated/α-hetero) is 1. The van der Waals surface area contributed by atoms with Crippen LogP contribution in [0, 0.1) is 13.8 Å². The van der Waals surface area contributed by atoms with Crippen molar-refractivity contribution < 1.29 is 9.59 Å². The number of hydrogen-bond donors (Lipinski definition) is 1. The maximum atomic E-state index is 12.9. The van der Waals surface area contributed by atoms with E-state index in [4.69, 9.17) is 0 Å². The molecule has 6 nitrogen and oxygen atoms in total. The average Bonchev–Trinajstić information content (AvgIpc) is 3.09. The second kappa shape index (κ2) is 9.71. The van der Waals surface area contributed by atoms with E-state index in [0.717, 1.165) is 17.9 Å². The molecule has 1 unspecified atom stereocenters. The van der Waals surface area contributed by atoms with E-state index in [0.29, 0.717) is 22.8 Å². The van der Waals surface area contributed by atoms with Crippen molar-refractivity contribution in [3.63, 3.8) is 0 Å². The molecule has 0 radical (unpaired) electrons. The zero-order valence-electron chi connectivity index (χ0n) is 17.7. The van der Waals surface area contributed by atoms with Crippen LogP contribution in [-0.4, -0.2) is 31.7 Å². The number of benzene rings is 2. The fraction of sp³-hybridized carbons (Fsp3) is 0.304. The quantitative estimate of drug-likeness (QED) is 0.409. The fourth-order valence-corrected chi connectivity index (χ4v) is 4.02. The van der Waals surface area contributed by atoms with Crippen LogP contribution in [0.15, 0.2) is 53.7 Å². The normalized spacial score (nSPS) is 11.9. The van der Waals surface area contributed by atoms with Gasteiger partial charge in [-0.05, 0) is 63.6 Å². The molecule has 3 aromatic rings. The number of nitrogens with zero attached hydrogens (tertiary/aromatic N) is 3. The summed E-state index contributed by atoms with van der Waals surface area (Å²) in [4.78, 5) is 24.6. The Balaban J connectivity index is 1.72. The molecule has 2 aromatic carbocycles. The summed E-state index contributed by atoms with van der Waals surface area (Å²) in [5.74, 6) is 0.752. The summed E-state index contributed by atoms with van der Waals surface area (Å²) >= 11 is 1.38. The van der Waals surface area contributed by atoms with Gasteiger partial charge in [-0.2, -0.15) is 0 Å². The van der Waals surface area contributed by atoms with Crippen LogP contribution in [0.25, 0.3) is 5.69 Å². The van der Waals surface area contributed by atoms with Crippen LogP contribution in [-0.2, 0) is 4.79 Å². The van der Waals surface area contributed by atoms with Crippen LogP contribution in [0.4, 0.5) is 5.69 Å². The third kappa shape index (κ3) is 5.16. The maximum absolute atomic E-state index is 12.9. The number of hydrogen-bond acceptors (Lipinski definition) is 5. The Kier molecular flexibility index (Phi) is 7.05. The first-order chi connectivity index (χ1) is 14.4. The summed E-state index contributed by atoms with van der Waals surface area (Å²) in [6.45, 7) is 7.77. The highest BCUT2D eigenvalue weighted by atomic mass is 32.2. The van der Waals surface area contributed by atoms with E-state index >= 15 is 0 Å². The Morgan fingerprint density at radius 1 is 1.03 bits per heavy atom. The van der Waals surface area contributed by atoms with Crippen LogP contribution in [0.1, 0.15) is 48.4 Å². The van der Waals surface area contributed by atoms with Crippen molar-refractivity contribution in [3.8, 4) is 5.69 Å². The molecule has 1 heterocycles. The van der Waals surface area contributed by atoms with Gasteiger partial charge in [-0.3, -0.25) is 14.2 Å². The second-order valence-corrected chi connectivity index (χ2v) is 8.51. The topological polar surface area (TPSA) is 76.9 Å². The van der Waals surface area contributed by atoms with E-state index in [1.807, 2.05) is 56.5 Å². The number of carbonyl (C=O) groups excluding carboxylic acids is 2. The molecule has 0 spiro atoms. The number of aromatic nitrogens is 3. The fourth-order valence-electron chi connectivity index (χ4n) is 3.03.